The molecule has 0 saturated carbocycles. The Morgan fingerprint density at radius 3 is 2.44 bits per heavy atom. The lowest BCUT2D eigenvalue weighted by Gasteiger charge is -2.39. The van der Waals surface area contributed by atoms with E-state index in [0.717, 1.165) is 35.0 Å². The topological polar surface area (TPSA) is 55.0 Å². The Hall–Kier alpha value is -3.29. The van der Waals surface area contributed by atoms with Gasteiger partial charge in [-0.2, -0.15) is 0 Å². The van der Waals surface area contributed by atoms with Crippen molar-refractivity contribution in [2.45, 2.75) is 18.6 Å². The SMILES string of the molecule is COc1ccc(C2NNC3c4cc5c(cc4N(Cc4ccc(F)cc4)CC23)OCO5)cc1. The van der Waals surface area contributed by atoms with E-state index in [2.05, 4.69) is 40.0 Å². The Labute approximate surface area is 185 Å². The lowest BCUT2D eigenvalue weighted by molar-refractivity contribution is 0.174. The molecule has 3 aliphatic rings. The minimum atomic E-state index is -0.222. The molecule has 0 aromatic heterocycles. The molecule has 0 bridgehead atoms. The zero-order chi connectivity index (χ0) is 21.7. The minimum absolute atomic E-state index is 0.135. The van der Waals surface area contributed by atoms with E-state index in [1.807, 2.05) is 24.3 Å². The number of halogens is 1. The van der Waals surface area contributed by atoms with Crippen molar-refractivity contribution < 1.29 is 18.6 Å². The first-order valence-electron chi connectivity index (χ1n) is 10.8. The number of hydrogen-bond donors (Lipinski definition) is 2. The van der Waals surface area contributed by atoms with Gasteiger partial charge >= 0.3 is 0 Å². The lowest BCUT2D eigenvalue weighted by atomic mass is 9.81. The Bertz CT molecular complexity index is 1140. The van der Waals surface area contributed by atoms with Gasteiger partial charge in [0.2, 0.25) is 6.79 Å². The van der Waals surface area contributed by atoms with Crippen LogP contribution in [0.3, 0.4) is 0 Å². The molecule has 1 fully saturated rings. The normalized spacial score (nSPS) is 23.1. The van der Waals surface area contributed by atoms with Gasteiger partial charge in [0.1, 0.15) is 11.6 Å². The molecule has 7 heteroatoms. The van der Waals surface area contributed by atoms with E-state index in [1.54, 1.807) is 7.11 Å². The van der Waals surface area contributed by atoms with Crippen LogP contribution in [0.4, 0.5) is 10.1 Å². The monoisotopic (exact) mass is 433 g/mol. The first-order chi connectivity index (χ1) is 15.7. The zero-order valence-corrected chi connectivity index (χ0v) is 17.7. The van der Waals surface area contributed by atoms with E-state index in [1.165, 1.54) is 23.3 Å². The van der Waals surface area contributed by atoms with E-state index in [0.29, 0.717) is 6.54 Å². The molecule has 0 radical (unpaired) electrons. The van der Waals surface area contributed by atoms with Gasteiger partial charge in [0.15, 0.2) is 11.5 Å². The van der Waals surface area contributed by atoms with Crippen LogP contribution in [0.25, 0.3) is 0 Å². The minimum Gasteiger partial charge on any atom is -0.497 e. The molecular formula is C25H24FN3O3. The van der Waals surface area contributed by atoms with Gasteiger partial charge < -0.3 is 19.1 Å². The summed E-state index contributed by atoms with van der Waals surface area (Å²) in [4.78, 5) is 2.36. The van der Waals surface area contributed by atoms with Crippen LogP contribution < -0.4 is 30.0 Å². The van der Waals surface area contributed by atoms with Crippen LogP contribution in [0.15, 0.2) is 60.7 Å². The second kappa shape index (κ2) is 7.69. The molecule has 3 aliphatic heterocycles. The first kappa shape index (κ1) is 19.4. The van der Waals surface area contributed by atoms with E-state index >= 15 is 0 Å². The quantitative estimate of drug-likeness (QED) is 0.647. The number of rotatable bonds is 4. The fourth-order valence-electron chi connectivity index (χ4n) is 5.03. The van der Waals surface area contributed by atoms with Crippen LogP contribution in [0.5, 0.6) is 17.2 Å². The number of hydrazine groups is 1. The molecule has 32 heavy (non-hydrogen) atoms. The summed E-state index contributed by atoms with van der Waals surface area (Å²) < 4.78 is 30.1. The highest BCUT2D eigenvalue weighted by atomic mass is 19.1. The summed E-state index contributed by atoms with van der Waals surface area (Å²) in [7, 11) is 1.68. The van der Waals surface area contributed by atoms with Crippen molar-refractivity contribution in [3.05, 3.63) is 83.2 Å². The second-order valence-electron chi connectivity index (χ2n) is 8.45. The molecule has 3 aromatic rings. The van der Waals surface area contributed by atoms with Crippen LogP contribution in [0.2, 0.25) is 0 Å². The molecule has 6 nitrogen and oxygen atoms in total. The number of methoxy groups -OCH3 is 1. The maximum atomic E-state index is 13.5. The molecule has 6 rings (SSSR count). The number of anilines is 1. The maximum Gasteiger partial charge on any atom is 0.231 e. The summed E-state index contributed by atoms with van der Waals surface area (Å²) in [6.45, 7) is 1.77. The standard InChI is InChI=1S/C25H24FN3O3/c1-30-18-8-4-16(5-9-18)24-20-13-29(12-15-2-6-17(26)7-3-15)21-11-23-22(31-14-32-23)10-19(21)25(20)28-27-24/h2-11,20,24-25,27-28H,12-14H2,1H3. The molecule has 3 heterocycles. The largest absolute Gasteiger partial charge is 0.497 e. The molecule has 0 amide bonds. The van der Waals surface area contributed by atoms with Crippen LogP contribution in [0.1, 0.15) is 28.8 Å². The molecule has 2 N–H and O–H groups in total. The molecule has 0 spiro atoms. The fourth-order valence-corrected chi connectivity index (χ4v) is 5.03. The fraction of sp³-hybridized carbons (Fsp3) is 0.280. The Morgan fingerprint density at radius 1 is 0.969 bits per heavy atom. The molecule has 3 unspecified atom stereocenters. The van der Waals surface area contributed by atoms with Gasteiger partial charge in [-0.3, -0.25) is 0 Å². The van der Waals surface area contributed by atoms with E-state index in [-0.39, 0.29) is 30.6 Å². The molecular weight excluding hydrogens is 409 g/mol. The van der Waals surface area contributed by atoms with Gasteiger partial charge in [-0.15, -0.1) is 0 Å². The zero-order valence-electron chi connectivity index (χ0n) is 17.7. The van der Waals surface area contributed by atoms with Crippen molar-refractivity contribution in [1.29, 1.82) is 0 Å². The number of benzene rings is 3. The van der Waals surface area contributed by atoms with E-state index in [4.69, 9.17) is 14.2 Å². The number of hydrogen-bond acceptors (Lipinski definition) is 6. The van der Waals surface area contributed by atoms with Crippen molar-refractivity contribution in [3.63, 3.8) is 0 Å². The number of nitrogens with one attached hydrogen (secondary N) is 2. The Kier molecular flexibility index (Phi) is 4.66. The van der Waals surface area contributed by atoms with E-state index < -0.39 is 0 Å². The maximum absolute atomic E-state index is 13.5. The Balaban J connectivity index is 1.38. The van der Waals surface area contributed by atoms with Crippen LogP contribution in [-0.4, -0.2) is 20.4 Å². The molecule has 1 saturated heterocycles. The summed E-state index contributed by atoms with van der Waals surface area (Å²) in [5, 5.41) is 0. The predicted octanol–water partition coefficient (Wildman–Crippen LogP) is 4.09. The Morgan fingerprint density at radius 2 is 1.69 bits per heavy atom. The van der Waals surface area contributed by atoms with E-state index in [9.17, 15) is 4.39 Å². The van der Waals surface area contributed by atoms with Crippen molar-refractivity contribution in [2.24, 2.45) is 5.92 Å². The average Bonchev–Trinajstić information content (AvgIpc) is 3.46. The lowest BCUT2D eigenvalue weighted by Crippen LogP contribution is -2.39. The number of fused-ring (bicyclic) bond motifs is 4. The van der Waals surface area contributed by atoms with Gasteiger partial charge in [0.25, 0.3) is 0 Å². The van der Waals surface area contributed by atoms with Gasteiger partial charge in [0, 0.05) is 30.8 Å². The second-order valence-corrected chi connectivity index (χ2v) is 8.45. The van der Waals surface area contributed by atoms with Gasteiger partial charge in [0.05, 0.1) is 19.2 Å². The number of nitrogens with zero attached hydrogens (tertiary/aromatic N) is 1. The van der Waals surface area contributed by atoms with Crippen LogP contribution >= 0.6 is 0 Å². The number of ether oxygens (including phenoxy) is 3. The molecule has 3 aromatic carbocycles. The summed E-state index contributed by atoms with van der Waals surface area (Å²) in [5.74, 6) is 2.46. The average molecular weight is 433 g/mol. The third kappa shape index (κ3) is 3.25. The molecule has 164 valence electrons. The highest BCUT2D eigenvalue weighted by Gasteiger charge is 2.44. The van der Waals surface area contributed by atoms with Crippen molar-refractivity contribution in [3.8, 4) is 17.2 Å². The first-order valence-corrected chi connectivity index (χ1v) is 10.8. The van der Waals surface area contributed by atoms with Crippen LogP contribution in [0, 0.1) is 11.7 Å². The highest BCUT2D eigenvalue weighted by Crippen LogP contribution is 2.49. The van der Waals surface area contributed by atoms with Gasteiger partial charge in [-0.25, -0.2) is 15.2 Å². The smallest absolute Gasteiger partial charge is 0.231 e. The van der Waals surface area contributed by atoms with Crippen molar-refractivity contribution in [2.75, 3.05) is 25.3 Å². The summed E-state index contributed by atoms with van der Waals surface area (Å²) >= 11 is 0. The summed E-state index contributed by atoms with van der Waals surface area (Å²) in [5.41, 5.74) is 11.6. The third-order valence-corrected chi connectivity index (χ3v) is 6.64. The summed E-state index contributed by atoms with van der Waals surface area (Å²) in [6, 6.07) is 19.4. The van der Waals surface area contributed by atoms with Crippen LogP contribution in [-0.2, 0) is 6.54 Å². The molecule has 3 atom stereocenters. The van der Waals surface area contributed by atoms with Gasteiger partial charge in [-0.05, 0) is 47.0 Å². The third-order valence-electron chi connectivity index (χ3n) is 6.64. The van der Waals surface area contributed by atoms with Crippen molar-refractivity contribution in [1.82, 2.24) is 10.9 Å². The predicted molar refractivity (Wildman–Crippen MR) is 118 cm³/mol. The molecule has 0 aliphatic carbocycles. The highest BCUT2D eigenvalue weighted by molar-refractivity contribution is 5.66. The van der Waals surface area contributed by atoms with Crippen molar-refractivity contribution >= 4 is 5.69 Å². The summed E-state index contributed by atoms with van der Waals surface area (Å²) in [6.07, 6.45) is 0. The van der Waals surface area contributed by atoms with Gasteiger partial charge in [-0.1, -0.05) is 24.3 Å².